The van der Waals surface area contributed by atoms with E-state index in [4.69, 9.17) is 0 Å². The van der Waals surface area contributed by atoms with E-state index < -0.39 is 0 Å². The average Bonchev–Trinajstić information content (AvgIpc) is 3.49. The molecule has 0 spiro atoms. The Bertz CT molecular complexity index is 1170. The normalized spacial score (nSPS) is 14.8. The maximum Gasteiger partial charge on any atom is 0.191 e. The van der Waals surface area contributed by atoms with E-state index in [1.54, 1.807) is 6.20 Å². The fraction of sp³-hybridized carbons (Fsp3) is 0.320. The van der Waals surface area contributed by atoms with E-state index in [1.807, 2.05) is 12.1 Å². The molecule has 1 N–H and O–H groups in total. The van der Waals surface area contributed by atoms with Crippen LogP contribution < -0.4 is 0 Å². The molecule has 0 bridgehead atoms. The monoisotopic (exact) mass is 430 g/mol. The predicted octanol–water partition coefficient (Wildman–Crippen LogP) is 5.83. The molecule has 1 aliphatic carbocycles. The van der Waals surface area contributed by atoms with Crippen molar-refractivity contribution in [3.63, 3.8) is 0 Å². The summed E-state index contributed by atoms with van der Waals surface area (Å²) >= 11 is 1.50. The number of ketones is 1. The number of benzene rings is 2. The first-order chi connectivity index (χ1) is 15.3. The summed E-state index contributed by atoms with van der Waals surface area (Å²) in [6.45, 7) is 0. The molecule has 0 amide bonds. The highest BCUT2D eigenvalue weighted by Gasteiger charge is 2.24. The van der Waals surface area contributed by atoms with Crippen LogP contribution in [0, 0.1) is 0 Å². The van der Waals surface area contributed by atoms with Crippen LogP contribution in [0.3, 0.4) is 0 Å². The van der Waals surface area contributed by atoms with Crippen molar-refractivity contribution in [1.82, 2.24) is 19.7 Å². The highest BCUT2D eigenvalue weighted by Crippen LogP contribution is 2.34. The minimum Gasteiger partial charge on any atom is -0.359 e. The molecule has 1 fully saturated rings. The Balaban J connectivity index is 1.44. The van der Waals surface area contributed by atoms with E-state index in [0.29, 0.717) is 17.5 Å². The molecule has 2 aromatic carbocycles. The van der Waals surface area contributed by atoms with Crippen LogP contribution in [0.5, 0.6) is 0 Å². The molecule has 0 unspecified atom stereocenters. The van der Waals surface area contributed by atoms with Gasteiger partial charge in [0.25, 0.3) is 0 Å². The first kappa shape index (κ1) is 20.1. The second-order valence-electron chi connectivity index (χ2n) is 8.17. The molecule has 2 heterocycles. The van der Waals surface area contributed by atoms with E-state index in [-0.39, 0.29) is 5.78 Å². The van der Waals surface area contributed by atoms with Gasteiger partial charge in [-0.1, -0.05) is 73.5 Å². The van der Waals surface area contributed by atoms with E-state index in [9.17, 15) is 4.79 Å². The van der Waals surface area contributed by atoms with Crippen LogP contribution in [0.1, 0.15) is 60.0 Å². The van der Waals surface area contributed by atoms with Crippen LogP contribution >= 0.6 is 11.8 Å². The second-order valence-corrected chi connectivity index (χ2v) is 9.11. The summed E-state index contributed by atoms with van der Waals surface area (Å²) in [5, 5.41) is 12.5. The van der Waals surface area contributed by atoms with Crippen molar-refractivity contribution in [2.45, 2.75) is 49.7 Å². The number of carbonyl (C=O) groups is 1. The van der Waals surface area contributed by atoms with Gasteiger partial charge in [0.05, 0.1) is 11.4 Å². The third kappa shape index (κ3) is 4.30. The predicted molar refractivity (Wildman–Crippen MR) is 125 cm³/mol. The molecular weight excluding hydrogens is 404 g/mol. The lowest BCUT2D eigenvalue weighted by molar-refractivity contribution is 0.101. The smallest absolute Gasteiger partial charge is 0.191 e. The highest BCUT2D eigenvalue weighted by atomic mass is 32.2. The molecule has 0 radical (unpaired) electrons. The van der Waals surface area contributed by atoms with Crippen molar-refractivity contribution in [1.29, 1.82) is 0 Å². The van der Waals surface area contributed by atoms with Gasteiger partial charge in [-0.25, -0.2) is 0 Å². The minimum atomic E-state index is 0.0868. The molecule has 158 valence electrons. The quantitative estimate of drug-likeness (QED) is 0.296. The van der Waals surface area contributed by atoms with Gasteiger partial charge < -0.3 is 9.55 Å². The van der Waals surface area contributed by atoms with Gasteiger partial charge in [0.15, 0.2) is 10.9 Å². The number of hydrogen-bond donors (Lipinski definition) is 1. The van der Waals surface area contributed by atoms with Crippen molar-refractivity contribution < 1.29 is 4.79 Å². The minimum absolute atomic E-state index is 0.0868. The fourth-order valence-electron chi connectivity index (χ4n) is 4.56. The fourth-order valence-corrected chi connectivity index (χ4v) is 5.47. The molecule has 5 rings (SSSR count). The summed E-state index contributed by atoms with van der Waals surface area (Å²) in [6, 6.07) is 19.0. The Labute approximate surface area is 186 Å². The van der Waals surface area contributed by atoms with E-state index in [1.165, 1.54) is 47.4 Å². The van der Waals surface area contributed by atoms with E-state index in [2.05, 4.69) is 62.2 Å². The van der Waals surface area contributed by atoms with Crippen LogP contribution in [-0.4, -0.2) is 31.3 Å². The number of nitrogens with zero attached hydrogens (tertiary/aromatic N) is 3. The molecule has 1 aliphatic rings. The standard InChI is InChI=1S/C25H26N4OS/c30-23(22-14-7-15-26-22)17-31-25-28-27-24(29(25)20-11-2-1-3-12-20)16-19-10-6-9-18-8-4-5-13-21(18)19/h4-10,13-15,20,26H,1-3,11-12,16-17H2. The Morgan fingerprint density at radius 3 is 2.68 bits per heavy atom. The van der Waals surface area contributed by atoms with Gasteiger partial charge >= 0.3 is 0 Å². The summed E-state index contributed by atoms with van der Waals surface area (Å²) < 4.78 is 2.33. The Morgan fingerprint density at radius 1 is 1.00 bits per heavy atom. The number of H-pyrrole nitrogens is 1. The molecule has 31 heavy (non-hydrogen) atoms. The SMILES string of the molecule is O=C(CSc1nnc(Cc2cccc3ccccc23)n1C1CCCCC1)c1ccc[nH]1. The number of Topliss-reactive ketones (excluding diaryl/α,β-unsaturated/α-hetero) is 1. The Kier molecular flexibility index (Phi) is 5.89. The number of nitrogens with one attached hydrogen (secondary N) is 1. The van der Waals surface area contributed by atoms with Gasteiger partial charge in [-0.15, -0.1) is 10.2 Å². The molecule has 5 nitrogen and oxygen atoms in total. The van der Waals surface area contributed by atoms with Crippen LogP contribution in [0.4, 0.5) is 0 Å². The molecule has 6 heteroatoms. The largest absolute Gasteiger partial charge is 0.359 e. The molecule has 1 saturated carbocycles. The number of aromatic nitrogens is 4. The van der Waals surface area contributed by atoms with Crippen molar-refractivity contribution in [3.05, 3.63) is 77.9 Å². The first-order valence-corrected chi connectivity index (χ1v) is 12.0. The lowest BCUT2D eigenvalue weighted by Crippen LogP contribution is -2.17. The Morgan fingerprint density at radius 2 is 1.84 bits per heavy atom. The number of rotatable bonds is 7. The summed E-state index contributed by atoms with van der Waals surface area (Å²) in [5.41, 5.74) is 1.91. The van der Waals surface area contributed by atoms with Crippen LogP contribution in [-0.2, 0) is 6.42 Å². The third-order valence-corrected chi connectivity index (χ3v) is 7.08. The number of fused-ring (bicyclic) bond motifs is 1. The summed E-state index contributed by atoms with van der Waals surface area (Å²) in [4.78, 5) is 15.5. The molecule has 0 aliphatic heterocycles. The number of hydrogen-bond acceptors (Lipinski definition) is 4. The lowest BCUT2D eigenvalue weighted by atomic mass is 9.95. The molecule has 4 aromatic rings. The first-order valence-electron chi connectivity index (χ1n) is 11.0. The van der Waals surface area contributed by atoms with Gasteiger partial charge in [-0.2, -0.15) is 0 Å². The average molecular weight is 431 g/mol. The molecule has 2 aromatic heterocycles. The molecule has 0 atom stereocenters. The van der Waals surface area contributed by atoms with Crippen molar-refractivity contribution >= 4 is 28.3 Å². The van der Waals surface area contributed by atoms with Gasteiger partial charge in [0.1, 0.15) is 5.82 Å². The van der Waals surface area contributed by atoms with E-state index in [0.717, 1.165) is 30.2 Å². The zero-order valence-corrected chi connectivity index (χ0v) is 18.3. The van der Waals surface area contributed by atoms with Crippen molar-refractivity contribution in [2.24, 2.45) is 0 Å². The van der Waals surface area contributed by atoms with E-state index >= 15 is 0 Å². The van der Waals surface area contributed by atoms with Gasteiger partial charge in [-0.3, -0.25) is 4.79 Å². The maximum absolute atomic E-state index is 12.5. The van der Waals surface area contributed by atoms with Crippen LogP contribution in [0.15, 0.2) is 66.0 Å². The number of carbonyl (C=O) groups excluding carboxylic acids is 1. The Hall–Kier alpha value is -2.86. The van der Waals surface area contributed by atoms with Gasteiger partial charge in [0.2, 0.25) is 0 Å². The summed E-state index contributed by atoms with van der Waals surface area (Å²) in [6.07, 6.45) is 8.60. The van der Waals surface area contributed by atoms with Crippen molar-refractivity contribution in [3.8, 4) is 0 Å². The third-order valence-electron chi connectivity index (χ3n) is 6.13. The lowest BCUT2D eigenvalue weighted by Gasteiger charge is -2.25. The maximum atomic E-state index is 12.5. The molecule has 0 saturated heterocycles. The zero-order chi connectivity index (χ0) is 21.0. The van der Waals surface area contributed by atoms with Gasteiger partial charge in [-0.05, 0) is 41.3 Å². The van der Waals surface area contributed by atoms with Crippen molar-refractivity contribution in [2.75, 3.05) is 5.75 Å². The topological polar surface area (TPSA) is 63.6 Å². The zero-order valence-electron chi connectivity index (χ0n) is 17.5. The number of aromatic amines is 1. The summed E-state index contributed by atoms with van der Waals surface area (Å²) in [7, 11) is 0. The second kappa shape index (κ2) is 9.10. The van der Waals surface area contributed by atoms with Crippen LogP contribution in [0.25, 0.3) is 10.8 Å². The van der Waals surface area contributed by atoms with Crippen LogP contribution in [0.2, 0.25) is 0 Å². The van der Waals surface area contributed by atoms with Gasteiger partial charge in [0, 0.05) is 18.7 Å². The molecular formula is C25H26N4OS. The summed E-state index contributed by atoms with van der Waals surface area (Å²) in [5.74, 6) is 1.45. The number of thioether (sulfide) groups is 1. The highest BCUT2D eigenvalue weighted by molar-refractivity contribution is 7.99.